The molecule has 0 amide bonds. The Morgan fingerprint density at radius 3 is 2.41 bits per heavy atom. The van der Waals surface area contributed by atoms with E-state index in [4.69, 9.17) is 0 Å². The van der Waals surface area contributed by atoms with E-state index in [1.54, 1.807) is 13.0 Å². The van der Waals surface area contributed by atoms with E-state index in [9.17, 15) is 18.0 Å². The first-order valence-electron chi connectivity index (χ1n) is 7.68. The van der Waals surface area contributed by atoms with Crippen LogP contribution in [0.15, 0.2) is 23.8 Å². The molecule has 5 heteroatoms. The second kappa shape index (κ2) is 10.5. The lowest BCUT2D eigenvalue weighted by Gasteiger charge is -2.11. The molecule has 0 radical (unpaired) electrons. The Bertz CT molecular complexity index is 387. The largest absolute Gasteiger partial charge is 0.429 e. The highest BCUT2D eigenvalue weighted by Gasteiger charge is 2.33. The summed E-state index contributed by atoms with van der Waals surface area (Å²) in [5.74, 6) is 0.00165. The van der Waals surface area contributed by atoms with Crippen molar-refractivity contribution in [2.75, 3.05) is 6.67 Å². The first-order valence-corrected chi connectivity index (χ1v) is 7.68. The Balaban J connectivity index is 4.15. The van der Waals surface area contributed by atoms with Gasteiger partial charge in [0.25, 0.3) is 0 Å². The van der Waals surface area contributed by atoms with E-state index in [-0.39, 0.29) is 0 Å². The van der Waals surface area contributed by atoms with Gasteiger partial charge in [-0.05, 0) is 30.8 Å². The van der Waals surface area contributed by atoms with Crippen LogP contribution >= 0.6 is 0 Å². The fourth-order valence-electron chi connectivity index (χ4n) is 1.92. The van der Waals surface area contributed by atoms with Gasteiger partial charge < -0.3 is 4.74 Å². The van der Waals surface area contributed by atoms with E-state index in [0.717, 1.165) is 18.9 Å². The van der Waals surface area contributed by atoms with Crippen molar-refractivity contribution in [3.05, 3.63) is 23.8 Å². The molecule has 0 spiro atoms. The molecular weight excluding hydrogens is 293 g/mol. The highest BCUT2D eigenvalue weighted by atomic mass is 19.3. The number of allylic oxidation sites excluding steroid dienone is 3. The first kappa shape index (κ1) is 20.7. The van der Waals surface area contributed by atoms with Crippen LogP contribution in [0.25, 0.3) is 0 Å². The van der Waals surface area contributed by atoms with Crippen molar-refractivity contribution >= 4 is 5.97 Å². The topological polar surface area (TPSA) is 26.3 Å². The normalized spacial score (nSPS) is 14.6. The predicted molar refractivity (Wildman–Crippen MR) is 82.4 cm³/mol. The zero-order valence-electron chi connectivity index (χ0n) is 13.9. The second-order valence-electron chi connectivity index (χ2n) is 6.15. The van der Waals surface area contributed by atoms with Gasteiger partial charge in [-0.3, -0.25) is 0 Å². The minimum absolute atomic E-state index is 0.494. The van der Waals surface area contributed by atoms with Gasteiger partial charge in [-0.2, -0.15) is 8.78 Å². The lowest BCUT2D eigenvalue weighted by atomic mass is 9.97. The minimum Gasteiger partial charge on any atom is -0.396 e. The lowest BCUT2D eigenvalue weighted by Crippen LogP contribution is -2.26. The smallest absolute Gasteiger partial charge is 0.396 e. The van der Waals surface area contributed by atoms with Crippen molar-refractivity contribution in [3.63, 3.8) is 0 Å². The summed E-state index contributed by atoms with van der Waals surface area (Å²) in [6, 6.07) is 0. The predicted octanol–water partition coefficient (Wildman–Crippen LogP) is 5.45. The third kappa shape index (κ3) is 11.4. The van der Waals surface area contributed by atoms with E-state index in [1.807, 2.05) is 6.08 Å². The number of hydrogen-bond donors (Lipinski definition) is 0. The molecule has 0 bridgehead atoms. The summed E-state index contributed by atoms with van der Waals surface area (Å²) in [4.78, 5) is 11.2. The SMILES string of the molecule is CC(/C=C/CC(C)CCCC(C)C)=C\C(=O)OC(F)(F)CF. The first-order chi connectivity index (χ1) is 10.2. The molecule has 0 aromatic rings. The molecule has 0 saturated carbocycles. The van der Waals surface area contributed by atoms with Crippen LogP contribution in [-0.4, -0.2) is 18.8 Å². The molecule has 22 heavy (non-hydrogen) atoms. The number of hydrogen-bond acceptors (Lipinski definition) is 2. The molecule has 0 aliphatic carbocycles. The number of halogens is 3. The van der Waals surface area contributed by atoms with Gasteiger partial charge in [-0.1, -0.05) is 52.2 Å². The molecular formula is C17H27F3O2. The van der Waals surface area contributed by atoms with Crippen LogP contribution < -0.4 is 0 Å². The third-order valence-corrected chi connectivity index (χ3v) is 3.15. The number of ether oxygens (including phenoxy) is 1. The van der Waals surface area contributed by atoms with Crippen LogP contribution in [0, 0.1) is 11.8 Å². The Kier molecular flexibility index (Phi) is 9.86. The van der Waals surface area contributed by atoms with Crippen LogP contribution in [-0.2, 0) is 9.53 Å². The number of carbonyl (C=O) groups excluding carboxylic acids is 1. The van der Waals surface area contributed by atoms with Crippen molar-refractivity contribution < 1.29 is 22.7 Å². The maximum absolute atomic E-state index is 12.5. The van der Waals surface area contributed by atoms with Crippen LogP contribution in [0.4, 0.5) is 13.2 Å². The van der Waals surface area contributed by atoms with Crippen LogP contribution in [0.2, 0.25) is 0 Å². The molecule has 1 unspecified atom stereocenters. The van der Waals surface area contributed by atoms with E-state index in [1.165, 1.54) is 12.8 Å². The maximum atomic E-state index is 12.5. The molecule has 128 valence electrons. The van der Waals surface area contributed by atoms with E-state index in [0.29, 0.717) is 17.4 Å². The molecule has 2 nitrogen and oxygen atoms in total. The standard InChI is InChI=1S/C17H27F3O2/c1-13(2)7-5-8-14(3)9-6-10-15(4)11-16(21)22-17(19,20)12-18/h6,10-11,13-14H,5,7-9,12H2,1-4H3/b10-6+,15-11+. The van der Waals surface area contributed by atoms with Crippen LogP contribution in [0.1, 0.15) is 53.4 Å². The second-order valence-corrected chi connectivity index (χ2v) is 6.15. The average molecular weight is 320 g/mol. The quantitative estimate of drug-likeness (QED) is 0.304. The molecule has 0 saturated heterocycles. The molecule has 0 aliphatic rings. The van der Waals surface area contributed by atoms with Gasteiger partial charge in [0.2, 0.25) is 0 Å². The molecule has 0 aliphatic heterocycles. The lowest BCUT2D eigenvalue weighted by molar-refractivity contribution is -0.234. The molecule has 1 atom stereocenters. The molecule has 0 aromatic carbocycles. The van der Waals surface area contributed by atoms with Gasteiger partial charge in [-0.15, -0.1) is 0 Å². The number of alkyl halides is 3. The van der Waals surface area contributed by atoms with Crippen LogP contribution in [0.5, 0.6) is 0 Å². The average Bonchev–Trinajstić information content (AvgIpc) is 2.37. The van der Waals surface area contributed by atoms with Crippen LogP contribution in [0.3, 0.4) is 0 Å². The molecule has 0 fully saturated rings. The highest BCUT2D eigenvalue weighted by molar-refractivity contribution is 5.83. The summed E-state index contributed by atoms with van der Waals surface area (Å²) in [5.41, 5.74) is 0.494. The van der Waals surface area contributed by atoms with Gasteiger partial charge >= 0.3 is 12.1 Å². The summed E-state index contributed by atoms with van der Waals surface area (Å²) in [6.07, 6.45) is 4.87. The van der Waals surface area contributed by atoms with Crippen molar-refractivity contribution in [1.82, 2.24) is 0 Å². The Labute approximate surface area is 131 Å². The van der Waals surface area contributed by atoms with Crippen molar-refractivity contribution in [1.29, 1.82) is 0 Å². The van der Waals surface area contributed by atoms with Gasteiger partial charge in [0.15, 0.2) is 6.67 Å². The van der Waals surface area contributed by atoms with E-state index >= 15 is 0 Å². The number of esters is 1. The molecule has 0 heterocycles. The molecule has 0 rings (SSSR count). The maximum Gasteiger partial charge on any atom is 0.429 e. The summed E-state index contributed by atoms with van der Waals surface area (Å²) in [6.45, 7) is 6.14. The summed E-state index contributed by atoms with van der Waals surface area (Å²) in [7, 11) is 0. The van der Waals surface area contributed by atoms with E-state index in [2.05, 4.69) is 25.5 Å². The van der Waals surface area contributed by atoms with Gasteiger partial charge in [0, 0.05) is 6.08 Å². The van der Waals surface area contributed by atoms with Crippen molar-refractivity contribution in [2.24, 2.45) is 11.8 Å². The molecule has 0 N–H and O–H groups in total. The zero-order valence-corrected chi connectivity index (χ0v) is 13.9. The van der Waals surface area contributed by atoms with Crippen molar-refractivity contribution in [3.8, 4) is 0 Å². The third-order valence-electron chi connectivity index (χ3n) is 3.15. The fraction of sp³-hybridized carbons (Fsp3) is 0.706. The summed E-state index contributed by atoms with van der Waals surface area (Å²) in [5, 5.41) is 0. The van der Waals surface area contributed by atoms with Gasteiger partial charge in [0.1, 0.15) is 0 Å². The Morgan fingerprint density at radius 2 is 1.86 bits per heavy atom. The minimum atomic E-state index is -4.05. The Hall–Kier alpha value is -1.26. The van der Waals surface area contributed by atoms with E-state index < -0.39 is 18.8 Å². The number of rotatable bonds is 10. The monoisotopic (exact) mass is 320 g/mol. The Morgan fingerprint density at radius 1 is 1.23 bits per heavy atom. The van der Waals surface area contributed by atoms with Gasteiger partial charge in [0.05, 0.1) is 0 Å². The molecule has 0 aromatic heterocycles. The zero-order chi connectivity index (χ0) is 17.2. The van der Waals surface area contributed by atoms with Gasteiger partial charge in [-0.25, -0.2) is 9.18 Å². The summed E-state index contributed by atoms with van der Waals surface area (Å²) >= 11 is 0. The number of carbonyl (C=O) groups is 1. The van der Waals surface area contributed by atoms with Crippen molar-refractivity contribution in [2.45, 2.75) is 59.5 Å². The summed E-state index contributed by atoms with van der Waals surface area (Å²) < 4.78 is 40.6. The fourth-order valence-corrected chi connectivity index (χ4v) is 1.92. The highest BCUT2D eigenvalue weighted by Crippen LogP contribution is 2.17.